The summed E-state index contributed by atoms with van der Waals surface area (Å²) in [4.78, 5) is 23.6. The van der Waals surface area contributed by atoms with Gasteiger partial charge in [-0.25, -0.2) is 9.59 Å². The molecular formula is C25H25NO4. The molecule has 0 aliphatic carbocycles. The maximum absolute atomic E-state index is 11.9. The number of hydrogen-bond donors (Lipinski definition) is 2. The number of hydrogen-bond acceptors (Lipinski definition) is 3. The van der Waals surface area contributed by atoms with Crippen LogP contribution in [-0.2, 0) is 16.0 Å². The summed E-state index contributed by atoms with van der Waals surface area (Å²) in [6.07, 6.45) is -0.906. The first-order valence-electron chi connectivity index (χ1n) is 9.87. The normalized spacial score (nSPS) is 11.7. The lowest BCUT2D eigenvalue weighted by Crippen LogP contribution is -2.43. The highest BCUT2D eigenvalue weighted by molar-refractivity contribution is 5.81. The molecule has 5 heteroatoms. The number of carboxylic acid groups (broad SMARTS) is 1. The van der Waals surface area contributed by atoms with Gasteiger partial charge in [-0.2, -0.15) is 0 Å². The fourth-order valence-electron chi connectivity index (χ4n) is 3.26. The summed E-state index contributed by atoms with van der Waals surface area (Å²) in [5, 5.41) is 12.0. The Morgan fingerprint density at radius 2 is 1.40 bits per heavy atom. The van der Waals surface area contributed by atoms with Crippen LogP contribution in [0.1, 0.15) is 19.4 Å². The van der Waals surface area contributed by atoms with Crippen LogP contribution in [0.5, 0.6) is 0 Å². The molecule has 1 atom stereocenters. The summed E-state index contributed by atoms with van der Waals surface area (Å²) in [6.45, 7) is 3.42. The average Bonchev–Trinajstić information content (AvgIpc) is 2.74. The van der Waals surface area contributed by atoms with Crippen molar-refractivity contribution in [1.82, 2.24) is 5.32 Å². The second-order valence-electron chi connectivity index (χ2n) is 7.29. The van der Waals surface area contributed by atoms with Gasteiger partial charge >= 0.3 is 12.1 Å². The van der Waals surface area contributed by atoms with Gasteiger partial charge in [0.25, 0.3) is 0 Å². The van der Waals surface area contributed by atoms with Crippen LogP contribution in [-0.4, -0.2) is 29.3 Å². The summed E-state index contributed by atoms with van der Waals surface area (Å²) < 4.78 is 5.03. The van der Waals surface area contributed by atoms with E-state index in [2.05, 4.69) is 17.4 Å². The molecule has 0 heterocycles. The number of benzene rings is 3. The van der Waals surface area contributed by atoms with E-state index in [0.717, 1.165) is 27.8 Å². The van der Waals surface area contributed by atoms with Gasteiger partial charge in [-0.3, -0.25) is 0 Å². The van der Waals surface area contributed by atoms with Crippen molar-refractivity contribution in [3.05, 3.63) is 84.4 Å². The minimum atomic E-state index is -1.11. The van der Waals surface area contributed by atoms with E-state index in [1.54, 1.807) is 13.8 Å². The first-order valence-corrected chi connectivity index (χ1v) is 9.87. The molecule has 3 aromatic rings. The van der Waals surface area contributed by atoms with Crippen molar-refractivity contribution in [2.45, 2.75) is 32.4 Å². The van der Waals surface area contributed by atoms with Gasteiger partial charge in [0.1, 0.15) is 6.04 Å². The number of carbonyl (C=O) groups excluding carboxylic acids is 1. The topological polar surface area (TPSA) is 75.6 Å². The minimum Gasteiger partial charge on any atom is -0.480 e. The van der Waals surface area contributed by atoms with Gasteiger partial charge in [0.15, 0.2) is 0 Å². The van der Waals surface area contributed by atoms with Crippen molar-refractivity contribution >= 4 is 12.1 Å². The van der Waals surface area contributed by atoms with E-state index in [0.29, 0.717) is 0 Å². The maximum atomic E-state index is 11.9. The van der Waals surface area contributed by atoms with Gasteiger partial charge < -0.3 is 15.2 Å². The molecule has 0 saturated carbocycles. The highest BCUT2D eigenvalue weighted by Gasteiger charge is 2.23. The van der Waals surface area contributed by atoms with Gasteiger partial charge in [0.2, 0.25) is 0 Å². The molecular weight excluding hydrogens is 378 g/mol. The lowest BCUT2D eigenvalue weighted by molar-refractivity contribution is -0.139. The van der Waals surface area contributed by atoms with E-state index in [-0.39, 0.29) is 12.5 Å². The Hall–Kier alpha value is -3.60. The first-order chi connectivity index (χ1) is 14.4. The molecule has 0 fully saturated rings. The minimum absolute atomic E-state index is 0.152. The molecule has 154 valence electrons. The zero-order valence-corrected chi connectivity index (χ0v) is 17.0. The van der Waals surface area contributed by atoms with E-state index >= 15 is 0 Å². The third-order valence-electron chi connectivity index (χ3n) is 4.68. The second-order valence-corrected chi connectivity index (χ2v) is 7.29. The molecule has 0 aromatic heterocycles. The van der Waals surface area contributed by atoms with Crippen molar-refractivity contribution in [3.63, 3.8) is 0 Å². The van der Waals surface area contributed by atoms with Crippen LogP contribution in [0.2, 0.25) is 0 Å². The van der Waals surface area contributed by atoms with Crippen molar-refractivity contribution in [2.24, 2.45) is 0 Å². The molecule has 0 bridgehead atoms. The van der Waals surface area contributed by atoms with Gasteiger partial charge in [-0.05, 0) is 41.7 Å². The Morgan fingerprint density at radius 1 is 0.833 bits per heavy atom. The third kappa shape index (κ3) is 5.47. The van der Waals surface area contributed by atoms with E-state index in [1.165, 1.54) is 0 Å². The van der Waals surface area contributed by atoms with E-state index in [9.17, 15) is 14.7 Å². The number of nitrogens with one attached hydrogen (secondary N) is 1. The fraction of sp³-hybridized carbons (Fsp3) is 0.200. The summed E-state index contributed by atoms with van der Waals surface area (Å²) in [7, 11) is 0. The highest BCUT2D eigenvalue weighted by Crippen LogP contribution is 2.28. The number of alkyl carbamates (subject to hydrolysis) is 1. The molecule has 30 heavy (non-hydrogen) atoms. The number of aliphatic carboxylic acids is 1. The lowest BCUT2D eigenvalue weighted by atomic mass is 9.94. The standard InChI is InChI=1S/C25H25NO4/c1-17(2)30-25(29)26-23(24(27)28)16-21-10-6-7-11-22(21)20-14-12-19(13-15-20)18-8-4-3-5-9-18/h3-15,17,23H,16H2,1-2H3,(H,26,29)(H,27,28)/t23-/m0/s1. The Balaban J connectivity index is 1.83. The molecule has 0 aliphatic rings. The second kappa shape index (κ2) is 9.74. The molecule has 1 amide bonds. The molecule has 0 aliphatic heterocycles. The third-order valence-corrected chi connectivity index (χ3v) is 4.68. The number of carbonyl (C=O) groups is 2. The molecule has 0 spiro atoms. The maximum Gasteiger partial charge on any atom is 0.408 e. The zero-order valence-electron chi connectivity index (χ0n) is 17.0. The number of carboxylic acids is 1. The van der Waals surface area contributed by atoms with Gasteiger partial charge in [-0.1, -0.05) is 78.9 Å². The first kappa shape index (κ1) is 21.1. The van der Waals surface area contributed by atoms with E-state index in [4.69, 9.17) is 4.74 Å². The summed E-state index contributed by atoms with van der Waals surface area (Å²) >= 11 is 0. The van der Waals surface area contributed by atoms with Crippen LogP contribution < -0.4 is 5.32 Å². The monoisotopic (exact) mass is 403 g/mol. The van der Waals surface area contributed by atoms with Gasteiger partial charge in [0, 0.05) is 6.42 Å². The summed E-state index contributed by atoms with van der Waals surface area (Å²) in [5.41, 5.74) is 5.00. The smallest absolute Gasteiger partial charge is 0.408 e. The van der Waals surface area contributed by atoms with Gasteiger partial charge in [0.05, 0.1) is 6.10 Å². The fourth-order valence-corrected chi connectivity index (χ4v) is 3.26. The van der Waals surface area contributed by atoms with Crippen LogP contribution in [0.4, 0.5) is 4.79 Å². The summed E-state index contributed by atoms with van der Waals surface area (Å²) in [5.74, 6) is -1.11. The van der Waals surface area contributed by atoms with Crippen molar-refractivity contribution in [1.29, 1.82) is 0 Å². The predicted octanol–water partition coefficient (Wildman–Crippen LogP) is 5.15. The van der Waals surface area contributed by atoms with Gasteiger partial charge in [-0.15, -0.1) is 0 Å². The molecule has 5 nitrogen and oxygen atoms in total. The molecule has 0 radical (unpaired) electrons. The van der Waals surface area contributed by atoms with Crippen LogP contribution in [0.15, 0.2) is 78.9 Å². The number of rotatable bonds is 7. The SMILES string of the molecule is CC(C)OC(=O)N[C@@H](Cc1ccccc1-c1ccc(-c2ccccc2)cc1)C(=O)O. The Morgan fingerprint density at radius 3 is 2.03 bits per heavy atom. The molecule has 3 aromatic carbocycles. The van der Waals surface area contributed by atoms with Crippen molar-refractivity contribution in [2.75, 3.05) is 0 Å². The zero-order chi connectivity index (χ0) is 21.5. The predicted molar refractivity (Wildman–Crippen MR) is 117 cm³/mol. The van der Waals surface area contributed by atoms with Crippen LogP contribution in [0, 0.1) is 0 Å². The summed E-state index contributed by atoms with van der Waals surface area (Å²) in [6, 6.07) is 24.8. The van der Waals surface area contributed by atoms with Crippen LogP contribution in [0.3, 0.4) is 0 Å². The Bertz CT molecular complexity index is 997. The van der Waals surface area contributed by atoms with Crippen LogP contribution >= 0.6 is 0 Å². The average molecular weight is 403 g/mol. The van der Waals surface area contributed by atoms with E-state index < -0.39 is 18.1 Å². The van der Waals surface area contributed by atoms with Crippen molar-refractivity contribution in [3.8, 4) is 22.3 Å². The molecule has 0 unspecified atom stereocenters. The molecule has 2 N–H and O–H groups in total. The van der Waals surface area contributed by atoms with Crippen molar-refractivity contribution < 1.29 is 19.4 Å². The van der Waals surface area contributed by atoms with Crippen LogP contribution in [0.25, 0.3) is 22.3 Å². The Kier molecular flexibility index (Phi) is 6.86. The lowest BCUT2D eigenvalue weighted by Gasteiger charge is -2.18. The molecule has 0 saturated heterocycles. The highest BCUT2D eigenvalue weighted by atomic mass is 16.6. The number of ether oxygens (including phenoxy) is 1. The largest absolute Gasteiger partial charge is 0.480 e. The Labute approximate surface area is 176 Å². The number of amides is 1. The molecule has 3 rings (SSSR count). The quantitative estimate of drug-likeness (QED) is 0.572. The van der Waals surface area contributed by atoms with E-state index in [1.807, 2.05) is 66.7 Å².